The zero-order valence-corrected chi connectivity index (χ0v) is 23.8. The van der Waals surface area contributed by atoms with E-state index >= 15 is 0 Å². The average molecular weight is 559 g/mol. The van der Waals surface area contributed by atoms with Gasteiger partial charge in [0.15, 0.2) is 18.2 Å². The second-order valence-electron chi connectivity index (χ2n) is 12.7. The molecule has 8 atom stereocenters. The van der Waals surface area contributed by atoms with Crippen LogP contribution in [0.1, 0.15) is 65.4 Å². The second kappa shape index (κ2) is 10.4. The van der Waals surface area contributed by atoms with Gasteiger partial charge in [0, 0.05) is 28.6 Å². The molecule has 0 spiro atoms. The fourth-order valence-corrected chi connectivity index (χ4v) is 8.30. The summed E-state index contributed by atoms with van der Waals surface area (Å²) in [6, 6.07) is 2.98. The van der Waals surface area contributed by atoms with E-state index in [1.54, 1.807) is 12.3 Å². The van der Waals surface area contributed by atoms with Gasteiger partial charge >= 0.3 is 13.1 Å². The molecule has 3 saturated carbocycles. The minimum atomic E-state index is -1.39. The lowest BCUT2D eigenvalue weighted by Gasteiger charge is -2.61. The number of benzene rings is 1. The predicted molar refractivity (Wildman–Crippen MR) is 144 cm³/mol. The van der Waals surface area contributed by atoms with Crippen LogP contribution in [0, 0.1) is 39.8 Å². The number of rotatable bonds is 6. The molecule has 3 fully saturated rings. The van der Waals surface area contributed by atoms with Crippen LogP contribution >= 0.6 is 0 Å². The molecule has 4 aliphatic rings. The number of carbonyl (C=O) groups excluding carboxylic acids is 2. The number of ether oxygens (including phenoxy) is 2. The van der Waals surface area contributed by atoms with Crippen LogP contribution in [0.25, 0.3) is 0 Å². The van der Waals surface area contributed by atoms with Crippen molar-refractivity contribution in [3.05, 3.63) is 23.5 Å². The molecule has 11 heteroatoms. The first-order valence-corrected chi connectivity index (χ1v) is 14.1. The number of carbonyl (C=O) groups is 2. The molecule has 0 aromatic heterocycles. The Hall–Kier alpha value is -2.50. The number of aliphatic hydroxyl groups is 1. The molecular formula is C29H39BFNO8. The minimum Gasteiger partial charge on any atom is -0.479 e. The molecule has 1 heterocycles. The average Bonchev–Trinajstić information content (AvgIpc) is 3.48. The number of aliphatic hydroxyl groups excluding tert-OH is 1. The fraction of sp³-hybridized carbons (Fsp3) is 0.690. The molecule has 9 nitrogen and oxygen atoms in total. The number of nitrogens with zero attached hydrogens (tertiary/aromatic N) is 1. The van der Waals surface area contributed by atoms with Gasteiger partial charge in [0.25, 0.3) is 0 Å². The molecule has 0 unspecified atom stereocenters. The maximum atomic E-state index is 15.0. The van der Waals surface area contributed by atoms with Crippen LogP contribution < -0.4 is 10.2 Å². The SMILES string of the molecule is CO/N=C/[C@]1(C)C[C@@H](OC(=O)COc2ccc3c(c2F)B(O)OC3)[C@]2(C)[C@H](C)CC[C@]3(CCC(=O)[C@H]32)[C@@H](C)[C@@H]1O. The van der Waals surface area contributed by atoms with Crippen LogP contribution in [-0.4, -0.2) is 61.1 Å². The highest BCUT2D eigenvalue weighted by molar-refractivity contribution is 6.61. The molecule has 2 N–H and O–H groups in total. The van der Waals surface area contributed by atoms with Gasteiger partial charge in [-0.05, 0) is 54.6 Å². The third-order valence-electron chi connectivity index (χ3n) is 10.8. The van der Waals surface area contributed by atoms with Gasteiger partial charge in [0.05, 0.1) is 18.9 Å². The summed E-state index contributed by atoms with van der Waals surface area (Å²) in [7, 11) is 0.0386. The lowest BCUT2D eigenvalue weighted by Crippen LogP contribution is -2.63. The highest BCUT2D eigenvalue weighted by atomic mass is 19.1. The van der Waals surface area contributed by atoms with Crippen LogP contribution in [0.4, 0.5) is 4.39 Å². The number of oxime groups is 1. The Morgan fingerprint density at radius 2 is 2.05 bits per heavy atom. The molecule has 2 bridgehead atoms. The molecule has 5 rings (SSSR count). The van der Waals surface area contributed by atoms with Gasteiger partial charge in [-0.3, -0.25) is 4.79 Å². The van der Waals surface area contributed by atoms with E-state index in [1.165, 1.54) is 13.2 Å². The van der Waals surface area contributed by atoms with Crippen LogP contribution in [0.3, 0.4) is 0 Å². The van der Waals surface area contributed by atoms with E-state index in [2.05, 4.69) is 12.1 Å². The van der Waals surface area contributed by atoms with E-state index < -0.39 is 54.0 Å². The molecule has 1 aromatic rings. The summed E-state index contributed by atoms with van der Waals surface area (Å²) < 4.78 is 31.7. The van der Waals surface area contributed by atoms with E-state index in [-0.39, 0.29) is 47.8 Å². The summed E-state index contributed by atoms with van der Waals surface area (Å²) in [5.41, 5.74) is -1.51. The van der Waals surface area contributed by atoms with Gasteiger partial charge in [-0.2, -0.15) is 0 Å². The van der Waals surface area contributed by atoms with Crippen molar-refractivity contribution in [2.45, 2.75) is 78.6 Å². The molecule has 3 aliphatic carbocycles. The Labute approximate surface area is 234 Å². The quantitative estimate of drug-likeness (QED) is 0.236. The molecule has 40 heavy (non-hydrogen) atoms. The second-order valence-corrected chi connectivity index (χ2v) is 12.7. The lowest BCUT2D eigenvalue weighted by atomic mass is 9.44. The first-order valence-electron chi connectivity index (χ1n) is 14.1. The van der Waals surface area contributed by atoms with Crippen LogP contribution in [0.15, 0.2) is 17.3 Å². The number of ketones is 1. The number of fused-ring (bicyclic) bond motifs is 1. The topological polar surface area (TPSA) is 124 Å². The Morgan fingerprint density at radius 3 is 2.77 bits per heavy atom. The predicted octanol–water partition coefficient (Wildman–Crippen LogP) is 2.77. The van der Waals surface area contributed by atoms with Crippen molar-refractivity contribution in [2.24, 2.45) is 39.2 Å². The van der Waals surface area contributed by atoms with Crippen molar-refractivity contribution in [1.82, 2.24) is 0 Å². The Bertz CT molecular complexity index is 1210. The first-order chi connectivity index (χ1) is 18.9. The van der Waals surface area contributed by atoms with Crippen LogP contribution in [0.2, 0.25) is 0 Å². The van der Waals surface area contributed by atoms with Crippen LogP contribution in [0.5, 0.6) is 5.75 Å². The molecule has 218 valence electrons. The summed E-state index contributed by atoms with van der Waals surface area (Å²) in [6.07, 6.45) is 2.97. The molecule has 1 aromatic carbocycles. The highest BCUT2D eigenvalue weighted by Crippen LogP contribution is 2.67. The monoisotopic (exact) mass is 559 g/mol. The molecule has 1 aliphatic heterocycles. The minimum absolute atomic E-state index is 0.00168. The van der Waals surface area contributed by atoms with Crippen LogP contribution in [-0.2, 0) is 30.4 Å². The van der Waals surface area contributed by atoms with Gasteiger partial charge in [-0.25, -0.2) is 9.18 Å². The van der Waals surface area contributed by atoms with Gasteiger partial charge in [0.1, 0.15) is 19.0 Å². The van der Waals surface area contributed by atoms with Gasteiger partial charge in [-0.1, -0.05) is 38.9 Å². The standard InChI is InChI=1S/C29H39BFNO8/c1-16-8-10-29-11-9-19(33)25(29)28(16,4)21(12-27(3,15-32-37-5)26(35)17(29)2)40-22(34)14-38-20-7-6-18-13-39-30(36)23(18)24(20)31/h6-7,15-17,21,25-26,35-36H,8-14H2,1-5H3/b32-15+/t16-,17+,21-,25+,26+,27+,28+,29+/m1/s1. The van der Waals surface area contributed by atoms with Gasteiger partial charge in [0.2, 0.25) is 0 Å². The van der Waals surface area contributed by atoms with E-state index in [9.17, 15) is 24.1 Å². The fourth-order valence-electron chi connectivity index (χ4n) is 8.30. The molecule has 0 saturated heterocycles. The Balaban J connectivity index is 1.46. The van der Waals surface area contributed by atoms with E-state index in [1.807, 2.05) is 20.8 Å². The Morgan fingerprint density at radius 1 is 1.30 bits per heavy atom. The highest BCUT2D eigenvalue weighted by Gasteiger charge is 2.68. The molecular weight excluding hydrogens is 520 g/mol. The maximum absolute atomic E-state index is 15.0. The number of Topliss-reactive ketones (excluding diaryl/α,β-unsaturated/α-hetero) is 1. The summed E-state index contributed by atoms with van der Waals surface area (Å²) in [5.74, 6) is -2.03. The summed E-state index contributed by atoms with van der Waals surface area (Å²) in [6.45, 7) is 7.56. The van der Waals surface area contributed by atoms with E-state index in [0.717, 1.165) is 12.8 Å². The third kappa shape index (κ3) is 4.36. The van der Waals surface area contributed by atoms with Gasteiger partial charge < -0.3 is 29.1 Å². The van der Waals surface area contributed by atoms with E-state index in [4.69, 9.17) is 19.0 Å². The number of halogens is 1. The van der Waals surface area contributed by atoms with E-state index in [0.29, 0.717) is 18.4 Å². The van der Waals surface area contributed by atoms with Crippen molar-refractivity contribution >= 4 is 30.5 Å². The normalized spacial score (nSPS) is 39.0. The zero-order chi connectivity index (χ0) is 29.0. The largest absolute Gasteiger partial charge is 0.494 e. The van der Waals surface area contributed by atoms with Crippen molar-refractivity contribution in [2.75, 3.05) is 13.7 Å². The molecule has 0 radical (unpaired) electrons. The summed E-state index contributed by atoms with van der Waals surface area (Å²) in [4.78, 5) is 31.8. The maximum Gasteiger partial charge on any atom is 0.494 e. The third-order valence-corrected chi connectivity index (χ3v) is 10.8. The number of hydrogen-bond donors (Lipinski definition) is 2. The smallest absolute Gasteiger partial charge is 0.479 e. The summed E-state index contributed by atoms with van der Waals surface area (Å²) >= 11 is 0. The zero-order valence-electron chi connectivity index (χ0n) is 23.8. The van der Waals surface area contributed by atoms with Crippen molar-refractivity contribution in [3.8, 4) is 5.75 Å². The first kappa shape index (κ1) is 29.0. The van der Waals surface area contributed by atoms with Gasteiger partial charge in [-0.15, -0.1) is 0 Å². The number of esters is 1. The lowest BCUT2D eigenvalue weighted by molar-refractivity contribution is -0.205. The summed E-state index contributed by atoms with van der Waals surface area (Å²) in [5, 5.41) is 25.7. The van der Waals surface area contributed by atoms with Crippen molar-refractivity contribution in [1.29, 1.82) is 0 Å². The number of hydrogen-bond acceptors (Lipinski definition) is 9. The Kier molecular flexibility index (Phi) is 7.55. The van der Waals surface area contributed by atoms with Crippen molar-refractivity contribution < 1.29 is 43.1 Å². The van der Waals surface area contributed by atoms with Crippen molar-refractivity contribution in [3.63, 3.8) is 0 Å². The molecule has 0 amide bonds.